The molecule has 0 saturated carbocycles. The molecule has 96 valence electrons. The first-order valence-electron chi connectivity index (χ1n) is 5.97. The molecular formula is C14H17BrN2O. The monoisotopic (exact) mass is 308 g/mol. The molecule has 1 aromatic heterocycles. The van der Waals surface area contributed by atoms with Crippen LogP contribution in [0, 0.1) is 0 Å². The Hall–Kier alpha value is -1.26. The van der Waals surface area contributed by atoms with Crippen LogP contribution in [0.2, 0.25) is 0 Å². The highest BCUT2D eigenvalue weighted by molar-refractivity contribution is 9.10. The fourth-order valence-corrected chi connectivity index (χ4v) is 2.36. The molecule has 0 aliphatic rings. The fraction of sp³-hybridized carbons (Fsp3) is 0.286. The second-order valence-electron chi connectivity index (χ2n) is 4.23. The molecule has 1 heterocycles. The molecule has 0 atom stereocenters. The van der Waals surface area contributed by atoms with E-state index in [9.17, 15) is 0 Å². The lowest BCUT2D eigenvalue weighted by Gasteiger charge is -2.20. The average Bonchev–Trinajstić information content (AvgIpc) is 2.84. The zero-order valence-electron chi connectivity index (χ0n) is 10.4. The van der Waals surface area contributed by atoms with Crippen molar-refractivity contribution in [1.82, 2.24) is 4.90 Å². The quantitative estimate of drug-likeness (QED) is 0.857. The van der Waals surface area contributed by atoms with Crippen LogP contribution in [0.5, 0.6) is 0 Å². The van der Waals surface area contributed by atoms with E-state index < -0.39 is 0 Å². The van der Waals surface area contributed by atoms with Gasteiger partial charge in [-0.05, 0) is 36.4 Å². The molecule has 0 spiro atoms. The molecule has 0 amide bonds. The Kier molecular flexibility index (Phi) is 4.44. The van der Waals surface area contributed by atoms with E-state index in [2.05, 4.69) is 33.8 Å². The summed E-state index contributed by atoms with van der Waals surface area (Å²) in [5.41, 5.74) is 7.75. The van der Waals surface area contributed by atoms with Crippen LogP contribution in [0.3, 0.4) is 0 Å². The highest BCUT2D eigenvalue weighted by Crippen LogP contribution is 2.22. The zero-order chi connectivity index (χ0) is 13.0. The smallest absolute Gasteiger partial charge is 0.117 e. The van der Waals surface area contributed by atoms with Crippen LogP contribution in [-0.2, 0) is 13.1 Å². The Labute approximate surface area is 116 Å². The Morgan fingerprint density at radius 3 is 2.72 bits per heavy atom. The summed E-state index contributed by atoms with van der Waals surface area (Å²) in [5.74, 6) is 0.989. The van der Waals surface area contributed by atoms with Crippen molar-refractivity contribution in [2.45, 2.75) is 20.0 Å². The minimum absolute atomic E-state index is 0.778. The minimum atomic E-state index is 0.778. The molecule has 2 aromatic rings. The van der Waals surface area contributed by atoms with E-state index in [1.54, 1.807) is 6.26 Å². The van der Waals surface area contributed by atoms with Gasteiger partial charge in [0, 0.05) is 16.7 Å². The van der Waals surface area contributed by atoms with Crippen molar-refractivity contribution in [2.24, 2.45) is 0 Å². The number of hydrogen-bond acceptors (Lipinski definition) is 3. The molecule has 0 saturated heterocycles. The molecule has 3 nitrogen and oxygen atoms in total. The van der Waals surface area contributed by atoms with Gasteiger partial charge < -0.3 is 10.2 Å². The van der Waals surface area contributed by atoms with E-state index in [4.69, 9.17) is 10.2 Å². The van der Waals surface area contributed by atoms with Crippen molar-refractivity contribution in [2.75, 3.05) is 12.3 Å². The Morgan fingerprint density at radius 1 is 1.28 bits per heavy atom. The van der Waals surface area contributed by atoms with Crippen molar-refractivity contribution in [3.8, 4) is 0 Å². The first-order valence-corrected chi connectivity index (χ1v) is 6.77. The van der Waals surface area contributed by atoms with E-state index in [0.29, 0.717) is 0 Å². The third-order valence-corrected chi connectivity index (χ3v) is 3.62. The normalized spacial score (nSPS) is 11.1. The lowest BCUT2D eigenvalue weighted by atomic mass is 10.2. The van der Waals surface area contributed by atoms with E-state index in [1.165, 1.54) is 5.56 Å². The Bertz CT molecular complexity index is 497. The van der Waals surface area contributed by atoms with Gasteiger partial charge in [0.05, 0.1) is 12.8 Å². The van der Waals surface area contributed by atoms with Crippen molar-refractivity contribution in [3.63, 3.8) is 0 Å². The van der Waals surface area contributed by atoms with Crippen LogP contribution in [0.25, 0.3) is 0 Å². The molecule has 0 unspecified atom stereocenters. The van der Waals surface area contributed by atoms with Crippen LogP contribution < -0.4 is 5.73 Å². The Morgan fingerprint density at radius 2 is 2.11 bits per heavy atom. The predicted molar refractivity (Wildman–Crippen MR) is 77.1 cm³/mol. The van der Waals surface area contributed by atoms with E-state index in [1.807, 2.05) is 24.3 Å². The number of nitrogens with zero attached hydrogens (tertiary/aromatic N) is 1. The van der Waals surface area contributed by atoms with Crippen molar-refractivity contribution >= 4 is 21.6 Å². The minimum Gasteiger partial charge on any atom is -0.468 e. The maximum Gasteiger partial charge on any atom is 0.117 e. The summed E-state index contributed by atoms with van der Waals surface area (Å²) in [4.78, 5) is 2.31. The second-order valence-corrected chi connectivity index (χ2v) is 5.09. The fourth-order valence-electron chi connectivity index (χ4n) is 1.84. The predicted octanol–water partition coefficient (Wildman–Crippen LogP) is 3.65. The van der Waals surface area contributed by atoms with Gasteiger partial charge in [0.2, 0.25) is 0 Å². The number of rotatable bonds is 5. The first kappa shape index (κ1) is 13.2. The lowest BCUT2D eigenvalue weighted by molar-refractivity contribution is 0.247. The summed E-state index contributed by atoms with van der Waals surface area (Å²) in [5, 5.41) is 0. The summed E-state index contributed by atoms with van der Waals surface area (Å²) in [6.45, 7) is 4.81. The van der Waals surface area contributed by atoms with Crippen LogP contribution in [0.4, 0.5) is 5.69 Å². The molecule has 0 radical (unpaired) electrons. The van der Waals surface area contributed by atoms with E-state index >= 15 is 0 Å². The maximum absolute atomic E-state index is 5.74. The van der Waals surface area contributed by atoms with Gasteiger partial charge in [-0.25, -0.2) is 0 Å². The molecule has 2 N–H and O–H groups in total. The van der Waals surface area contributed by atoms with Gasteiger partial charge in [-0.1, -0.05) is 28.9 Å². The number of furan rings is 1. The topological polar surface area (TPSA) is 42.4 Å². The number of halogens is 1. The first-order chi connectivity index (χ1) is 8.69. The molecule has 18 heavy (non-hydrogen) atoms. The van der Waals surface area contributed by atoms with Gasteiger partial charge in [-0.2, -0.15) is 0 Å². The van der Waals surface area contributed by atoms with Crippen LogP contribution in [0.15, 0.2) is 45.5 Å². The molecule has 0 aliphatic carbocycles. The molecular weight excluding hydrogens is 292 g/mol. The maximum atomic E-state index is 5.74. The van der Waals surface area contributed by atoms with Gasteiger partial charge >= 0.3 is 0 Å². The van der Waals surface area contributed by atoms with Gasteiger partial charge in [0.15, 0.2) is 0 Å². The lowest BCUT2D eigenvalue weighted by Crippen LogP contribution is -2.22. The van der Waals surface area contributed by atoms with Crippen LogP contribution >= 0.6 is 15.9 Å². The molecule has 4 heteroatoms. The van der Waals surface area contributed by atoms with Gasteiger partial charge in [-0.15, -0.1) is 0 Å². The number of nitrogens with two attached hydrogens (primary N) is 1. The average molecular weight is 309 g/mol. The largest absolute Gasteiger partial charge is 0.468 e. The van der Waals surface area contributed by atoms with Crippen molar-refractivity contribution in [1.29, 1.82) is 0 Å². The molecule has 0 bridgehead atoms. The van der Waals surface area contributed by atoms with E-state index in [-0.39, 0.29) is 0 Å². The summed E-state index contributed by atoms with van der Waals surface area (Å²) in [6, 6.07) is 9.85. The van der Waals surface area contributed by atoms with Crippen molar-refractivity contribution in [3.05, 3.63) is 52.4 Å². The third kappa shape index (κ3) is 3.37. The second kappa shape index (κ2) is 6.07. The molecule has 1 aromatic carbocycles. The molecule has 0 fully saturated rings. The third-order valence-electron chi connectivity index (χ3n) is 2.88. The number of anilines is 1. The Balaban J connectivity index is 2.05. The summed E-state index contributed by atoms with van der Waals surface area (Å²) < 4.78 is 6.44. The standard InChI is InChI=1S/C14H17BrN2O/c1-2-17(10-13-4-3-7-18-13)9-11-5-6-12(16)8-14(11)15/h3-8H,2,9-10,16H2,1H3. The van der Waals surface area contributed by atoms with Crippen LogP contribution in [0.1, 0.15) is 18.2 Å². The van der Waals surface area contributed by atoms with Crippen LogP contribution in [-0.4, -0.2) is 11.4 Å². The molecule has 0 aliphatic heterocycles. The van der Waals surface area contributed by atoms with Gasteiger partial charge in [0.25, 0.3) is 0 Å². The summed E-state index contributed by atoms with van der Waals surface area (Å²) in [6.07, 6.45) is 1.71. The van der Waals surface area contributed by atoms with Gasteiger partial charge in [-0.3, -0.25) is 4.90 Å². The number of hydrogen-bond donors (Lipinski definition) is 1. The number of nitrogen functional groups attached to an aromatic ring is 1. The molecule has 2 rings (SSSR count). The summed E-state index contributed by atoms with van der Waals surface area (Å²) >= 11 is 3.55. The highest BCUT2D eigenvalue weighted by Gasteiger charge is 2.09. The SMILES string of the molecule is CCN(Cc1ccco1)Cc1ccc(N)cc1Br. The van der Waals surface area contributed by atoms with Crippen molar-refractivity contribution < 1.29 is 4.42 Å². The zero-order valence-corrected chi connectivity index (χ0v) is 12.0. The highest BCUT2D eigenvalue weighted by atomic mass is 79.9. The van der Waals surface area contributed by atoms with E-state index in [0.717, 1.165) is 35.6 Å². The summed E-state index contributed by atoms with van der Waals surface area (Å²) in [7, 11) is 0. The number of benzene rings is 1. The van der Waals surface area contributed by atoms with Gasteiger partial charge in [0.1, 0.15) is 5.76 Å².